The normalized spacial score (nSPS) is 14.0. The molecule has 1 aromatic heterocycles. The van der Waals surface area contributed by atoms with Crippen LogP contribution < -0.4 is 0 Å². The third-order valence-corrected chi connectivity index (χ3v) is 4.91. The molecule has 23 heavy (non-hydrogen) atoms. The van der Waals surface area contributed by atoms with Gasteiger partial charge < -0.3 is 10.0 Å². The van der Waals surface area contributed by atoms with Gasteiger partial charge in [-0.3, -0.25) is 9.36 Å². The number of hydrogen-bond donors (Lipinski definition) is 1. The molecular weight excluding hydrogens is 310 g/mol. The molecule has 1 aliphatic rings. The van der Waals surface area contributed by atoms with Gasteiger partial charge in [-0.25, -0.2) is 4.98 Å². The van der Waals surface area contributed by atoms with E-state index in [9.17, 15) is 4.79 Å². The summed E-state index contributed by atoms with van der Waals surface area (Å²) in [6, 6.07) is 8.44. The number of aryl methyl sites for hydroxylation is 1. The number of imidazole rings is 1. The minimum Gasteiger partial charge on any atom is -0.395 e. The Kier molecular flexibility index (Phi) is 5.03. The Bertz CT molecular complexity index is 682. The van der Waals surface area contributed by atoms with Crippen LogP contribution >= 0.6 is 11.8 Å². The van der Waals surface area contributed by atoms with Gasteiger partial charge in [-0.05, 0) is 31.4 Å². The minimum absolute atomic E-state index is 0.0186. The summed E-state index contributed by atoms with van der Waals surface area (Å²) in [6.45, 7) is 2.51. The molecule has 0 unspecified atom stereocenters. The van der Waals surface area contributed by atoms with Crippen LogP contribution in [0.4, 0.5) is 0 Å². The number of aromatic nitrogens is 2. The molecular formula is C17H21N3O2S. The van der Waals surface area contributed by atoms with E-state index in [-0.39, 0.29) is 12.5 Å². The fourth-order valence-electron chi connectivity index (χ4n) is 2.63. The Morgan fingerprint density at radius 1 is 1.43 bits per heavy atom. The highest BCUT2D eigenvalue weighted by Gasteiger charge is 2.32. The van der Waals surface area contributed by atoms with Gasteiger partial charge in [-0.1, -0.05) is 30.0 Å². The second-order valence-electron chi connectivity index (χ2n) is 5.70. The molecule has 6 heteroatoms. The molecule has 1 heterocycles. The van der Waals surface area contributed by atoms with Gasteiger partial charge in [0.2, 0.25) is 5.91 Å². The molecule has 1 N–H and O–H groups in total. The van der Waals surface area contributed by atoms with Crippen LogP contribution in [0.25, 0.3) is 5.69 Å². The van der Waals surface area contributed by atoms with Crippen molar-refractivity contribution in [2.75, 3.05) is 18.9 Å². The molecule has 0 bridgehead atoms. The minimum atomic E-state index is 0.0186. The number of amides is 1. The summed E-state index contributed by atoms with van der Waals surface area (Å²) in [7, 11) is 0. The molecule has 0 saturated heterocycles. The summed E-state index contributed by atoms with van der Waals surface area (Å²) in [6.07, 6.45) is 5.77. The lowest BCUT2D eigenvalue weighted by Crippen LogP contribution is -2.36. The number of benzene rings is 1. The number of carbonyl (C=O) groups excluding carboxylic acids is 1. The standard InChI is InChI=1S/C17H21N3O2S/c1-13-4-2-3-5-15(13)20-9-8-18-17(20)23-12-16(22)19(10-11-21)14-6-7-14/h2-5,8-9,14,21H,6-7,10-12H2,1H3. The van der Waals surface area contributed by atoms with Crippen molar-refractivity contribution in [3.8, 4) is 5.69 Å². The lowest BCUT2D eigenvalue weighted by molar-refractivity contribution is -0.129. The average Bonchev–Trinajstić information content (AvgIpc) is 3.29. The Morgan fingerprint density at radius 2 is 2.22 bits per heavy atom. The third-order valence-electron chi connectivity index (χ3n) is 3.96. The molecule has 0 radical (unpaired) electrons. The van der Waals surface area contributed by atoms with Crippen molar-refractivity contribution in [3.63, 3.8) is 0 Å². The van der Waals surface area contributed by atoms with Gasteiger partial charge in [0.05, 0.1) is 18.0 Å². The highest BCUT2D eigenvalue weighted by molar-refractivity contribution is 7.99. The number of rotatable bonds is 7. The summed E-state index contributed by atoms with van der Waals surface area (Å²) < 4.78 is 2.01. The molecule has 0 atom stereocenters. The van der Waals surface area contributed by atoms with Crippen LogP contribution in [0, 0.1) is 6.92 Å². The van der Waals surface area contributed by atoms with Crippen LogP contribution in [0.5, 0.6) is 0 Å². The average molecular weight is 331 g/mol. The first-order valence-corrected chi connectivity index (χ1v) is 8.81. The Morgan fingerprint density at radius 3 is 2.91 bits per heavy atom. The van der Waals surface area contributed by atoms with Gasteiger partial charge >= 0.3 is 0 Å². The number of aliphatic hydroxyl groups is 1. The molecule has 5 nitrogen and oxygen atoms in total. The maximum absolute atomic E-state index is 12.4. The van der Waals surface area contributed by atoms with Crippen LogP contribution in [0.1, 0.15) is 18.4 Å². The SMILES string of the molecule is Cc1ccccc1-n1ccnc1SCC(=O)N(CCO)C1CC1. The molecule has 122 valence electrons. The number of nitrogens with zero attached hydrogens (tertiary/aromatic N) is 3. The zero-order valence-electron chi connectivity index (χ0n) is 13.2. The Balaban J connectivity index is 1.69. The first-order valence-electron chi connectivity index (χ1n) is 7.83. The molecule has 1 aromatic carbocycles. The van der Waals surface area contributed by atoms with Crippen LogP contribution in [-0.2, 0) is 4.79 Å². The van der Waals surface area contributed by atoms with E-state index in [4.69, 9.17) is 5.11 Å². The molecule has 1 saturated carbocycles. The van der Waals surface area contributed by atoms with Gasteiger partial charge in [0.25, 0.3) is 0 Å². The van der Waals surface area contributed by atoms with Crippen molar-refractivity contribution in [2.45, 2.75) is 31.0 Å². The van der Waals surface area contributed by atoms with E-state index in [0.29, 0.717) is 18.3 Å². The van der Waals surface area contributed by atoms with Crippen molar-refractivity contribution in [2.24, 2.45) is 0 Å². The number of aliphatic hydroxyl groups excluding tert-OH is 1. The maximum Gasteiger partial charge on any atom is 0.233 e. The summed E-state index contributed by atoms with van der Waals surface area (Å²) in [5, 5.41) is 9.93. The zero-order valence-corrected chi connectivity index (χ0v) is 14.0. The fourth-order valence-corrected chi connectivity index (χ4v) is 3.48. The van der Waals surface area contributed by atoms with Crippen LogP contribution in [-0.4, -0.2) is 50.4 Å². The predicted octanol–water partition coefficient (Wildman–Crippen LogP) is 2.26. The van der Waals surface area contributed by atoms with E-state index in [1.54, 1.807) is 11.1 Å². The monoisotopic (exact) mass is 331 g/mol. The summed E-state index contributed by atoms with van der Waals surface area (Å²) in [4.78, 5) is 18.6. The lowest BCUT2D eigenvalue weighted by atomic mass is 10.2. The topological polar surface area (TPSA) is 58.4 Å². The number of para-hydroxylation sites is 1. The summed E-state index contributed by atoms with van der Waals surface area (Å²) in [5.74, 6) is 0.422. The van der Waals surface area contributed by atoms with Crippen LogP contribution in [0.2, 0.25) is 0 Å². The van der Waals surface area contributed by atoms with Gasteiger partial charge in [0.15, 0.2) is 5.16 Å². The van der Waals surface area contributed by atoms with E-state index < -0.39 is 0 Å². The molecule has 1 fully saturated rings. The van der Waals surface area contributed by atoms with Gasteiger partial charge in [0, 0.05) is 25.0 Å². The lowest BCUT2D eigenvalue weighted by Gasteiger charge is -2.21. The van der Waals surface area contributed by atoms with Crippen LogP contribution in [0.15, 0.2) is 41.8 Å². The second-order valence-corrected chi connectivity index (χ2v) is 6.64. The summed E-state index contributed by atoms with van der Waals surface area (Å²) in [5.41, 5.74) is 2.24. The van der Waals surface area contributed by atoms with Crippen molar-refractivity contribution in [1.29, 1.82) is 0 Å². The van der Waals surface area contributed by atoms with Crippen molar-refractivity contribution in [3.05, 3.63) is 42.2 Å². The van der Waals surface area contributed by atoms with Crippen LogP contribution in [0.3, 0.4) is 0 Å². The number of thioether (sulfide) groups is 1. The second kappa shape index (κ2) is 7.19. The number of hydrogen-bond acceptors (Lipinski definition) is 4. The smallest absolute Gasteiger partial charge is 0.233 e. The molecule has 1 amide bonds. The first-order chi connectivity index (χ1) is 11.2. The van der Waals surface area contributed by atoms with E-state index >= 15 is 0 Å². The van der Waals surface area contributed by atoms with E-state index in [0.717, 1.165) is 23.7 Å². The maximum atomic E-state index is 12.4. The third kappa shape index (κ3) is 3.76. The summed E-state index contributed by atoms with van der Waals surface area (Å²) >= 11 is 1.44. The Hall–Kier alpha value is -1.79. The molecule has 2 aromatic rings. The largest absolute Gasteiger partial charge is 0.395 e. The van der Waals surface area contributed by atoms with Gasteiger partial charge in [0.1, 0.15) is 0 Å². The molecule has 3 rings (SSSR count). The highest BCUT2D eigenvalue weighted by atomic mass is 32.2. The van der Waals surface area contributed by atoms with E-state index in [1.165, 1.54) is 17.3 Å². The van der Waals surface area contributed by atoms with Gasteiger partial charge in [-0.2, -0.15) is 0 Å². The first kappa shape index (κ1) is 16.1. The van der Waals surface area contributed by atoms with Crippen molar-refractivity contribution < 1.29 is 9.90 Å². The number of carbonyl (C=O) groups is 1. The molecule has 1 aliphatic carbocycles. The quantitative estimate of drug-likeness (QED) is 0.791. The van der Waals surface area contributed by atoms with E-state index in [1.807, 2.05) is 29.0 Å². The Labute approximate surface area is 140 Å². The molecule has 0 aliphatic heterocycles. The fraction of sp³-hybridized carbons (Fsp3) is 0.412. The van der Waals surface area contributed by atoms with E-state index in [2.05, 4.69) is 18.0 Å². The highest BCUT2D eigenvalue weighted by Crippen LogP contribution is 2.28. The molecule has 0 spiro atoms. The van der Waals surface area contributed by atoms with Gasteiger partial charge in [-0.15, -0.1) is 0 Å². The van der Waals surface area contributed by atoms with Crippen molar-refractivity contribution >= 4 is 17.7 Å². The van der Waals surface area contributed by atoms with Crippen molar-refractivity contribution in [1.82, 2.24) is 14.5 Å². The zero-order chi connectivity index (χ0) is 16.2. The predicted molar refractivity (Wildman–Crippen MR) is 90.8 cm³/mol.